The lowest BCUT2D eigenvalue weighted by Gasteiger charge is -2.11. The van der Waals surface area contributed by atoms with Crippen molar-refractivity contribution in [2.75, 3.05) is 13.7 Å². The van der Waals surface area contributed by atoms with Gasteiger partial charge in [0, 0.05) is 30.4 Å². The second-order valence-electron chi connectivity index (χ2n) is 5.55. The van der Waals surface area contributed by atoms with E-state index in [0.717, 1.165) is 23.7 Å². The Kier molecular flexibility index (Phi) is 5.87. The number of ether oxygens (including phenoxy) is 1. The van der Waals surface area contributed by atoms with Gasteiger partial charge in [0.25, 0.3) is 5.91 Å². The van der Waals surface area contributed by atoms with E-state index in [2.05, 4.69) is 15.2 Å². The van der Waals surface area contributed by atoms with Crippen LogP contribution in [0.25, 0.3) is 11.1 Å². The van der Waals surface area contributed by atoms with Gasteiger partial charge in [-0.05, 0) is 30.2 Å². The fourth-order valence-corrected chi connectivity index (χ4v) is 2.54. The van der Waals surface area contributed by atoms with Crippen LogP contribution in [0.15, 0.2) is 24.4 Å². The Bertz CT molecular complexity index is 788. The van der Waals surface area contributed by atoms with Crippen LogP contribution in [0, 0.1) is 5.82 Å². The first-order chi connectivity index (χ1) is 11.9. The molecule has 134 valence electrons. The zero-order chi connectivity index (χ0) is 18.6. The summed E-state index contributed by atoms with van der Waals surface area (Å²) in [5.41, 5.74) is 7.97. The van der Waals surface area contributed by atoms with Crippen LogP contribution < -0.4 is 11.1 Å². The summed E-state index contributed by atoms with van der Waals surface area (Å²) in [7, 11) is 3.02. The number of halogens is 1. The molecule has 1 amide bonds. The van der Waals surface area contributed by atoms with Gasteiger partial charge in [-0.2, -0.15) is 5.10 Å². The quantitative estimate of drug-likeness (QED) is 0.759. The molecule has 2 rings (SSSR count). The third kappa shape index (κ3) is 4.21. The normalized spacial score (nSPS) is 11.9. The van der Waals surface area contributed by atoms with E-state index >= 15 is 0 Å². The molecule has 25 heavy (non-hydrogen) atoms. The van der Waals surface area contributed by atoms with Crippen molar-refractivity contribution in [3.8, 4) is 11.1 Å². The highest BCUT2D eigenvalue weighted by atomic mass is 19.1. The predicted octanol–water partition coefficient (Wildman–Crippen LogP) is 1.02. The van der Waals surface area contributed by atoms with E-state index in [1.54, 1.807) is 16.9 Å². The number of benzene rings is 1. The Morgan fingerprint density at radius 2 is 2.12 bits per heavy atom. The first-order valence-corrected chi connectivity index (χ1v) is 7.80. The highest BCUT2D eigenvalue weighted by molar-refractivity contribution is 5.96. The summed E-state index contributed by atoms with van der Waals surface area (Å²) in [4.78, 5) is 23.5. The molecule has 2 aromatic rings. The number of rotatable bonds is 6. The van der Waals surface area contributed by atoms with E-state index in [9.17, 15) is 14.0 Å². The molecule has 1 atom stereocenters. The standard InChI is InChI=1S/C17H21FN4O3/c1-4-15-13(8-21-22(15)2)10-5-11(7-12(18)6-10)16(23)20-9-14(19)17(24)25-3/h5-8,14H,4,9,19H2,1-3H3,(H,20,23)/t14-/m1/s1. The van der Waals surface area contributed by atoms with Gasteiger partial charge in [0.1, 0.15) is 11.9 Å². The van der Waals surface area contributed by atoms with Crippen molar-refractivity contribution < 1.29 is 18.7 Å². The zero-order valence-electron chi connectivity index (χ0n) is 14.4. The Morgan fingerprint density at radius 1 is 1.40 bits per heavy atom. The number of esters is 1. The predicted molar refractivity (Wildman–Crippen MR) is 90.3 cm³/mol. The van der Waals surface area contributed by atoms with Gasteiger partial charge in [-0.15, -0.1) is 0 Å². The summed E-state index contributed by atoms with van der Waals surface area (Å²) < 4.78 is 20.2. The van der Waals surface area contributed by atoms with E-state index in [1.165, 1.54) is 13.2 Å². The van der Waals surface area contributed by atoms with Crippen molar-refractivity contribution >= 4 is 11.9 Å². The van der Waals surface area contributed by atoms with E-state index in [1.807, 2.05) is 14.0 Å². The fraction of sp³-hybridized carbons (Fsp3) is 0.353. The van der Waals surface area contributed by atoms with Gasteiger partial charge in [0.15, 0.2) is 0 Å². The molecule has 1 aromatic heterocycles. The summed E-state index contributed by atoms with van der Waals surface area (Å²) >= 11 is 0. The van der Waals surface area contributed by atoms with Crippen LogP contribution in [-0.2, 0) is 23.0 Å². The van der Waals surface area contributed by atoms with Crippen LogP contribution in [-0.4, -0.2) is 41.4 Å². The number of nitrogens with two attached hydrogens (primary N) is 1. The Hall–Kier alpha value is -2.74. The number of hydrogen-bond acceptors (Lipinski definition) is 5. The van der Waals surface area contributed by atoms with Gasteiger partial charge in [-0.1, -0.05) is 6.92 Å². The molecule has 7 nitrogen and oxygen atoms in total. The largest absolute Gasteiger partial charge is 0.468 e. The molecule has 0 saturated heterocycles. The summed E-state index contributed by atoms with van der Waals surface area (Å²) in [5.74, 6) is -1.70. The third-order valence-electron chi connectivity index (χ3n) is 3.85. The van der Waals surface area contributed by atoms with Gasteiger partial charge in [0.05, 0.1) is 13.3 Å². The Morgan fingerprint density at radius 3 is 2.76 bits per heavy atom. The van der Waals surface area contributed by atoms with Crippen LogP contribution >= 0.6 is 0 Å². The molecule has 0 aliphatic carbocycles. The minimum absolute atomic E-state index is 0.107. The maximum absolute atomic E-state index is 14.0. The van der Waals surface area contributed by atoms with Crippen molar-refractivity contribution in [2.45, 2.75) is 19.4 Å². The molecule has 0 aliphatic rings. The Balaban J connectivity index is 2.24. The number of hydrogen-bond donors (Lipinski definition) is 2. The number of nitrogens with one attached hydrogen (secondary N) is 1. The molecule has 0 bridgehead atoms. The first kappa shape index (κ1) is 18.6. The number of aromatic nitrogens is 2. The maximum Gasteiger partial charge on any atom is 0.324 e. The zero-order valence-corrected chi connectivity index (χ0v) is 14.4. The molecule has 1 heterocycles. The summed E-state index contributed by atoms with van der Waals surface area (Å²) in [6.07, 6.45) is 2.36. The smallest absolute Gasteiger partial charge is 0.324 e. The molecular weight excluding hydrogens is 327 g/mol. The minimum Gasteiger partial charge on any atom is -0.468 e. The molecule has 0 fully saturated rings. The van der Waals surface area contributed by atoms with Crippen molar-refractivity contribution in [3.05, 3.63) is 41.5 Å². The molecule has 0 radical (unpaired) electrons. The molecule has 0 unspecified atom stereocenters. The third-order valence-corrected chi connectivity index (χ3v) is 3.85. The van der Waals surface area contributed by atoms with Crippen LogP contribution in [0.3, 0.4) is 0 Å². The van der Waals surface area contributed by atoms with Crippen molar-refractivity contribution in [2.24, 2.45) is 12.8 Å². The topological polar surface area (TPSA) is 99.2 Å². The molecule has 0 spiro atoms. The fourth-order valence-electron chi connectivity index (χ4n) is 2.54. The SMILES string of the molecule is CCc1c(-c2cc(F)cc(C(=O)NC[C@@H](N)C(=O)OC)c2)cnn1C. The minimum atomic E-state index is -0.980. The van der Waals surface area contributed by atoms with Crippen LogP contribution in [0.4, 0.5) is 4.39 Å². The van der Waals surface area contributed by atoms with E-state index in [0.29, 0.717) is 5.56 Å². The number of amides is 1. The number of nitrogens with zero attached hydrogens (tertiary/aromatic N) is 2. The van der Waals surface area contributed by atoms with Gasteiger partial charge in [-0.25, -0.2) is 4.39 Å². The van der Waals surface area contributed by atoms with E-state index < -0.39 is 23.7 Å². The number of methoxy groups -OCH3 is 1. The van der Waals surface area contributed by atoms with Crippen molar-refractivity contribution in [1.82, 2.24) is 15.1 Å². The lowest BCUT2D eigenvalue weighted by molar-refractivity contribution is -0.141. The molecule has 8 heteroatoms. The average molecular weight is 348 g/mol. The van der Waals surface area contributed by atoms with Crippen LogP contribution in [0.2, 0.25) is 0 Å². The molecule has 3 N–H and O–H groups in total. The van der Waals surface area contributed by atoms with Gasteiger partial charge in [-0.3, -0.25) is 14.3 Å². The molecule has 0 saturated carbocycles. The monoisotopic (exact) mass is 348 g/mol. The molecule has 0 aliphatic heterocycles. The van der Waals surface area contributed by atoms with Crippen LogP contribution in [0.1, 0.15) is 23.0 Å². The Labute approximate surface area is 145 Å². The molecule has 1 aromatic carbocycles. The highest BCUT2D eigenvalue weighted by Crippen LogP contribution is 2.25. The van der Waals surface area contributed by atoms with Gasteiger partial charge >= 0.3 is 5.97 Å². The second-order valence-corrected chi connectivity index (χ2v) is 5.55. The second kappa shape index (κ2) is 7.89. The summed E-state index contributed by atoms with van der Waals surface area (Å²) in [5, 5.41) is 6.68. The summed E-state index contributed by atoms with van der Waals surface area (Å²) in [6.45, 7) is 1.87. The highest BCUT2D eigenvalue weighted by Gasteiger charge is 2.17. The van der Waals surface area contributed by atoms with Crippen molar-refractivity contribution in [1.29, 1.82) is 0 Å². The van der Waals surface area contributed by atoms with Gasteiger partial charge in [0.2, 0.25) is 0 Å². The lowest BCUT2D eigenvalue weighted by Crippen LogP contribution is -2.43. The van der Waals surface area contributed by atoms with Crippen LogP contribution in [0.5, 0.6) is 0 Å². The number of aryl methyl sites for hydroxylation is 1. The van der Waals surface area contributed by atoms with E-state index in [4.69, 9.17) is 5.73 Å². The average Bonchev–Trinajstić information content (AvgIpc) is 2.98. The first-order valence-electron chi connectivity index (χ1n) is 7.80. The number of carbonyl (C=O) groups is 2. The van der Waals surface area contributed by atoms with Crippen molar-refractivity contribution in [3.63, 3.8) is 0 Å². The maximum atomic E-state index is 14.0. The van der Waals surface area contributed by atoms with E-state index in [-0.39, 0.29) is 12.1 Å². The molecular formula is C17H21FN4O3. The number of carbonyl (C=O) groups excluding carboxylic acids is 2. The lowest BCUT2D eigenvalue weighted by atomic mass is 10.0. The summed E-state index contributed by atoms with van der Waals surface area (Å²) in [6, 6.07) is 3.09. The van der Waals surface area contributed by atoms with Gasteiger partial charge < -0.3 is 15.8 Å².